The lowest BCUT2D eigenvalue weighted by Crippen LogP contribution is -2.56. The fourth-order valence-corrected chi connectivity index (χ4v) is 3.05. The van der Waals surface area contributed by atoms with E-state index in [1.807, 2.05) is 0 Å². The molecule has 2 rings (SSSR count). The van der Waals surface area contributed by atoms with Crippen LogP contribution in [0, 0.1) is 0 Å². The molecule has 0 radical (unpaired) electrons. The molecule has 0 aromatic carbocycles. The number of hydrogen-bond acceptors (Lipinski definition) is 3. The van der Waals surface area contributed by atoms with E-state index in [0.717, 1.165) is 0 Å². The van der Waals surface area contributed by atoms with Gasteiger partial charge in [0.1, 0.15) is 5.54 Å². The van der Waals surface area contributed by atoms with E-state index in [-0.39, 0.29) is 18.0 Å². The number of rotatable bonds is 4. The van der Waals surface area contributed by atoms with Crippen molar-refractivity contribution in [1.29, 1.82) is 0 Å². The van der Waals surface area contributed by atoms with Crippen LogP contribution in [-0.4, -0.2) is 52.6 Å². The van der Waals surface area contributed by atoms with Crippen molar-refractivity contribution in [3.05, 3.63) is 0 Å². The minimum absolute atomic E-state index is 0.00105. The number of carbonyl (C=O) groups is 3. The minimum Gasteiger partial charge on any atom is -0.479 e. The number of amides is 3. The van der Waals surface area contributed by atoms with E-state index in [0.29, 0.717) is 45.2 Å². The van der Waals surface area contributed by atoms with Crippen LogP contribution in [0.1, 0.15) is 39.0 Å². The zero-order valence-electron chi connectivity index (χ0n) is 11.6. The summed E-state index contributed by atoms with van der Waals surface area (Å²) >= 11 is 0. The number of urea groups is 1. The lowest BCUT2D eigenvalue weighted by Gasteiger charge is -2.34. The lowest BCUT2D eigenvalue weighted by atomic mass is 9.93. The first-order chi connectivity index (χ1) is 9.49. The Hall–Kier alpha value is -1.79. The molecule has 0 bridgehead atoms. The van der Waals surface area contributed by atoms with Crippen molar-refractivity contribution in [1.82, 2.24) is 15.5 Å². The number of nitrogens with zero attached hydrogens (tertiary/aromatic N) is 1. The summed E-state index contributed by atoms with van der Waals surface area (Å²) in [5.41, 5.74) is -1.08. The van der Waals surface area contributed by atoms with Crippen molar-refractivity contribution in [2.75, 3.05) is 13.1 Å². The molecule has 112 valence electrons. The third kappa shape index (κ3) is 2.57. The summed E-state index contributed by atoms with van der Waals surface area (Å²) in [6, 6.07) is -0.400. The Morgan fingerprint density at radius 3 is 2.85 bits per heavy atom. The van der Waals surface area contributed by atoms with E-state index >= 15 is 0 Å². The summed E-state index contributed by atoms with van der Waals surface area (Å²) in [4.78, 5) is 36.2. The molecule has 0 aromatic heterocycles. The van der Waals surface area contributed by atoms with Crippen LogP contribution in [0.3, 0.4) is 0 Å². The van der Waals surface area contributed by atoms with Gasteiger partial charge < -0.3 is 20.6 Å². The van der Waals surface area contributed by atoms with Crippen LogP contribution in [0.4, 0.5) is 4.79 Å². The monoisotopic (exact) mass is 283 g/mol. The standard InChI is InChI=1S/C13H21N3O4/c1-2-13(11(18)19)6-3-7-16(13)12(20)14-8-9-4-5-10(17)15-9/h9H,2-8H2,1H3,(H,14,20)(H,15,17)(H,18,19). The highest BCUT2D eigenvalue weighted by Gasteiger charge is 2.48. The van der Waals surface area contributed by atoms with Crippen molar-refractivity contribution in [3.63, 3.8) is 0 Å². The van der Waals surface area contributed by atoms with Crippen molar-refractivity contribution >= 4 is 17.9 Å². The quantitative estimate of drug-likeness (QED) is 0.691. The normalized spacial score (nSPS) is 29.4. The summed E-state index contributed by atoms with van der Waals surface area (Å²) in [5.74, 6) is -0.944. The summed E-state index contributed by atoms with van der Waals surface area (Å²) in [6.07, 6.45) is 2.78. The Kier molecular flexibility index (Phi) is 4.15. The first-order valence-electron chi connectivity index (χ1n) is 7.08. The fraction of sp³-hybridized carbons (Fsp3) is 0.769. The number of carbonyl (C=O) groups excluding carboxylic acids is 2. The molecular weight excluding hydrogens is 262 g/mol. The highest BCUT2D eigenvalue weighted by atomic mass is 16.4. The summed E-state index contributed by atoms with van der Waals surface area (Å²) in [7, 11) is 0. The van der Waals surface area contributed by atoms with Gasteiger partial charge in [-0.15, -0.1) is 0 Å². The molecule has 7 heteroatoms. The fourth-order valence-electron chi connectivity index (χ4n) is 3.05. The van der Waals surface area contributed by atoms with E-state index in [1.54, 1.807) is 6.92 Å². The average molecular weight is 283 g/mol. The highest BCUT2D eigenvalue weighted by molar-refractivity contribution is 5.87. The maximum absolute atomic E-state index is 12.2. The van der Waals surface area contributed by atoms with Gasteiger partial charge in [-0.3, -0.25) is 4.79 Å². The zero-order chi connectivity index (χ0) is 14.8. The van der Waals surface area contributed by atoms with Gasteiger partial charge in [-0.2, -0.15) is 0 Å². The first kappa shape index (κ1) is 14.6. The van der Waals surface area contributed by atoms with E-state index in [2.05, 4.69) is 10.6 Å². The molecular formula is C13H21N3O4. The maximum Gasteiger partial charge on any atom is 0.329 e. The number of aliphatic carboxylic acids is 1. The molecule has 2 fully saturated rings. The smallest absolute Gasteiger partial charge is 0.329 e. The first-order valence-corrected chi connectivity index (χ1v) is 7.08. The topological polar surface area (TPSA) is 98.7 Å². The van der Waals surface area contributed by atoms with Gasteiger partial charge in [0.15, 0.2) is 0 Å². The molecule has 2 saturated heterocycles. The molecule has 0 aromatic rings. The number of likely N-dealkylation sites (tertiary alicyclic amines) is 1. The number of nitrogens with one attached hydrogen (secondary N) is 2. The van der Waals surface area contributed by atoms with Gasteiger partial charge in [-0.1, -0.05) is 6.92 Å². The van der Waals surface area contributed by atoms with Gasteiger partial charge in [0.25, 0.3) is 0 Å². The molecule has 0 saturated carbocycles. The maximum atomic E-state index is 12.2. The van der Waals surface area contributed by atoms with Crippen molar-refractivity contribution in [3.8, 4) is 0 Å². The molecule has 2 aliphatic heterocycles. The zero-order valence-corrected chi connectivity index (χ0v) is 11.6. The van der Waals surface area contributed by atoms with Crippen molar-refractivity contribution in [2.24, 2.45) is 0 Å². The Morgan fingerprint density at radius 2 is 2.30 bits per heavy atom. The third-order valence-electron chi connectivity index (χ3n) is 4.30. The Bertz CT molecular complexity index is 426. The third-order valence-corrected chi connectivity index (χ3v) is 4.30. The number of carboxylic acids is 1. The Balaban J connectivity index is 1.94. The molecule has 7 nitrogen and oxygen atoms in total. The lowest BCUT2D eigenvalue weighted by molar-refractivity contribution is -0.148. The van der Waals surface area contributed by atoms with E-state index < -0.39 is 11.5 Å². The SMILES string of the molecule is CCC1(C(=O)O)CCCN1C(=O)NCC1CCC(=O)N1. The second-order valence-electron chi connectivity index (χ2n) is 5.43. The largest absolute Gasteiger partial charge is 0.479 e. The van der Waals surface area contributed by atoms with Crippen LogP contribution in [0.25, 0.3) is 0 Å². The summed E-state index contributed by atoms with van der Waals surface area (Å²) in [6.45, 7) is 2.60. The van der Waals surface area contributed by atoms with Crippen LogP contribution >= 0.6 is 0 Å². The van der Waals surface area contributed by atoms with E-state index in [1.165, 1.54) is 4.90 Å². The average Bonchev–Trinajstić information content (AvgIpc) is 3.02. The molecule has 0 aliphatic carbocycles. The molecule has 2 aliphatic rings. The second-order valence-corrected chi connectivity index (χ2v) is 5.43. The molecule has 2 heterocycles. The van der Waals surface area contributed by atoms with E-state index in [9.17, 15) is 19.5 Å². The van der Waals surface area contributed by atoms with Gasteiger partial charge in [0.05, 0.1) is 0 Å². The Morgan fingerprint density at radius 1 is 1.55 bits per heavy atom. The van der Waals surface area contributed by atoms with Crippen molar-refractivity contribution in [2.45, 2.75) is 50.6 Å². The van der Waals surface area contributed by atoms with Gasteiger partial charge in [-0.25, -0.2) is 9.59 Å². The van der Waals surface area contributed by atoms with Gasteiger partial charge >= 0.3 is 12.0 Å². The molecule has 3 amide bonds. The molecule has 20 heavy (non-hydrogen) atoms. The van der Waals surface area contributed by atoms with Crippen LogP contribution in [0.2, 0.25) is 0 Å². The number of hydrogen-bond donors (Lipinski definition) is 3. The minimum atomic E-state index is -1.08. The van der Waals surface area contributed by atoms with E-state index in [4.69, 9.17) is 0 Å². The van der Waals surface area contributed by atoms with Gasteiger partial charge in [0, 0.05) is 25.6 Å². The van der Waals surface area contributed by atoms with Crippen LogP contribution in [-0.2, 0) is 9.59 Å². The predicted octanol–water partition coefficient (Wildman–Crippen LogP) is 0.304. The highest BCUT2D eigenvalue weighted by Crippen LogP contribution is 2.32. The second kappa shape index (κ2) is 5.68. The van der Waals surface area contributed by atoms with Crippen LogP contribution < -0.4 is 10.6 Å². The van der Waals surface area contributed by atoms with Crippen molar-refractivity contribution < 1.29 is 19.5 Å². The molecule has 3 N–H and O–H groups in total. The Labute approximate surface area is 117 Å². The summed E-state index contributed by atoms with van der Waals surface area (Å²) in [5, 5.41) is 14.9. The summed E-state index contributed by atoms with van der Waals surface area (Å²) < 4.78 is 0. The molecule has 0 spiro atoms. The van der Waals surface area contributed by atoms with Gasteiger partial charge in [-0.05, 0) is 25.7 Å². The number of carboxylic acid groups (broad SMARTS) is 1. The van der Waals surface area contributed by atoms with Crippen LogP contribution in [0.5, 0.6) is 0 Å². The molecule has 2 unspecified atom stereocenters. The predicted molar refractivity (Wildman–Crippen MR) is 71.2 cm³/mol. The molecule has 2 atom stereocenters. The van der Waals surface area contributed by atoms with Gasteiger partial charge in [0.2, 0.25) is 5.91 Å². The van der Waals surface area contributed by atoms with Crippen LogP contribution in [0.15, 0.2) is 0 Å².